The van der Waals surface area contributed by atoms with Gasteiger partial charge in [-0.3, -0.25) is 9.59 Å². The zero-order valence-corrected chi connectivity index (χ0v) is 19.1. The number of nitrogens with zero attached hydrogens (tertiary/aromatic N) is 2. The summed E-state index contributed by atoms with van der Waals surface area (Å²) in [5.41, 5.74) is 4.13. The molecule has 0 unspecified atom stereocenters. The number of hydrogen-bond acceptors (Lipinski definition) is 5. The Bertz CT molecular complexity index is 933. The minimum atomic E-state index is -0.436. The molecule has 7 nitrogen and oxygen atoms in total. The first-order valence-corrected chi connectivity index (χ1v) is 10.9. The Labute approximate surface area is 189 Å². The number of carbonyl (C=O) groups is 2. The Morgan fingerprint density at radius 2 is 1.97 bits per heavy atom. The van der Waals surface area contributed by atoms with E-state index in [1.54, 1.807) is 11.1 Å². The van der Waals surface area contributed by atoms with Gasteiger partial charge in [0.2, 0.25) is 11.8 Å². The number of ether oxygens (including phenoxy) is 2. The zero-order chi connectivity index (χ0) is 21.5. The van der Waals surface area contributed by atoms with Crippen molar-refractivity contribution in [1.82, 2.24) is 5.43 Å². The number of amides is 2. The molecule has 0 bridgehead atoms. The first-order valence-electron chi connectivity index (χ1n) is 9.81. The highest BCUT2D eigenvalue weighted by Crippen LogP contribution is 2.34. The zero-order valence-electron chi connectivity index (χ0n) is 16.9. The second-order valence-corrected chi connectivity index (χ2v) is 7.83. The van der Waals surface area contributed by atoms with Crippen LogP contribution in [0.15, 0.2) is 47.6 Å². The van der Waals surface area contributed by atoms with Crippen molar-refractivity contribution in [2.75, 3.05) is 24.7 Å². The highest BCUT2D eigenvalue weighted by atomic mass is 127. The molecule has 2 aromatic rings. The lowest BCUT2D eigenvalue weighted by Gasteiger charge is -2.16. The summed E-state index contributed by atoms with van der Waals surface area (Å²) in [4.78, 5) is 26.4. The molecule has 1 heterocycles. The van der Waals surface area contributed by atoms with Crippen LogP contribution in [0, 0.1) is 9.49 Å². The van der Waals surface area contributed by atoms with Gasteiger partial charge in [-0.2, -0.15) is 5.10 Å². The molecule has 1 atom stereocenters. The number of halogens is 1. The van der Waals surface area contributed by atoms with E-state index in [-0.39, 0.29) is 18.2 Å². The summed E-state index contributed by atoms with van der Waals surface area (Å²) in [5.74, 6) is 0.566. The SMILES string of the molecule is CCOc1cc(/C=N\NC(=O)[C@@H]2CC(=O)N(c3ccccc3)C2)cc(I)c1OCC. The van der Waals surface area contributed by atoms with Crippen molar-refractivity contribution < 1.29 is 19.1 Å². The Hall–Kier alpha value is -2.62. The van der Waals surface area contributed by atoms with Crippen molar-refractivity contribution >= 4 is 46.3 Å². The van der Waals surface area contributed by atoms with E-state index in [9.17, 15) is 9.59 Å². The van der Waals surface area contributed by atoms with Crippen LogP contribution in [0.4, 0.5) is 5.69 Å². The fourth-order valence-corrected chi connectivity index (χ4v) is 3.99. The normalized spacial score (nSPS) is 16.2. The smallest absolute Gasteiger partial charge is 0.245 e. The predicted octanol–water partition coefficient (Wildman–Crippen LogP) is 3.59. The van der Waals surface area contributed by atoms with Crippen molar-refractivity contribution in [3.05, 3.63) is 51.6 Å². The molecular weight excluding hydrogens is 497 g/mol. The number of benzene rings is 2. The second kappa shape index (κ2) is 10.4. The highest BCUT2D eigenvalue weighted by Gasteiger charge is 2.35. The third-order valence-corrected chi connectivity index (χ3v) is 5.37. The number of rotatable bonds is 8. The van der Waals surface area contributed by atoms with Crippen LogP contribution in [0.1, 0.15) is 25.8 Å². The monoisotopic (exact) mass is 521 g/mol. The van der Waals surface area contributed by atoms with Gasteiger partial charge in [0.15, 0.2) is 11.5 Å². The number of hydrazone groups is 1. The molecule has 1 fully saturated rings. The molecule has 3 rings (SSSR count). The standard InChI is InChI=1S/C22H24IN3O4/c1-3-29-19-11-15(10-18(23)21(19)30-4-2)13-24-25-22(28)16-12-20(27)26(14-16)17-8-6-5-7-9-17/h5-11,13,16H,3-4,12,14H2,1-2H3,(H,25,28)/b24-13-/t16-/m1/s1. The molecular formula is C22H24IN3O4. The topological polar surface area (TPSA) is 80.2 Å². The summed E-state index contributed by atoms with van der Waals surface area (Å²) in [5, 5.41) is 4.07. The molecule has 2 amide bonds. The van der Waals surface area contributed by atoms with Crippen molar-refractivity contribution in [3.8, 4) is 11.5 Å². The van der Waals surface area contributed by atoms with Crippen LogP contribution in [0.5, 0.6) is 11.5 Å². The van der Waals surface area contributed by atoms with E-state index >= 15 is 0 Å². The first-order chi connectivity index (χ1) is 14.5. The van der Waals surface area contributed by atoms with Crippen LogP contribution < -0.4 is 19.8 Å². The lowest BCUT2D eigenvalue weighted by molar-refractivity contribution is -0.126. The van der Waals surface area contributed by atoms with E-state index in [2.05, 4.69) is 33.1 Å². The maximum absolute atomic E-state index is 12.5. The largest absolute Gasteiger partial charge is 0.490 e. The van der Waals surface area contributed by atoms with Crippen LogP contribution in [-0.4, -0.2) is 37.8 Å². The van der Waals surface area contributed by atoms with Gasteiger partial charge in [0.25, 0.3) is 0 Å². The summed E-state index contributed by atoms with van der Waals surface area (Å²) in [7, 11) is 0. The Morgan fingerprint density at radius 3 is 2.67 bits per heavy atom. The van der Waals surface area contributed by atoms with Crippen molar-refractivity contribution in [2.24, 2.45) is 11.0 Å². The molecule has 1 aliphatic rings. The maximum atomic E-state index is 12.5. The molecule has 0 radical (unpaired) electrons. The van der Waals surface area contributed by atoms with Crippen LogP contribution in [-0.2, 0) is 9.59 Å². The molecule has 2 aromatic carbocycles. The summed E-state index contributed by atoms with van der Waals surface area (Å²) in [6, 6.07) is 13.1. The minimum Gasteiger partial charge on any atom is -0.490 e. The summed E-state index contributed by atoms with van der Waals surface area (Å²) < 4.78 is 12.2. The number of para-hydroxylation sites is 1. The van der Waals surface area contributed by atoms with Crippen molar-refractivity contribution in [1.29, 1.82) is 0 Å². The fraction of sp³-hybridized carbons (Fsp3) is 0.318. The molecule has 30 heavy (non-hydrogen) atoms. The van der Waals surface area contributed by atoms with Crippen LogP contribution in [0.2, 0.25) is 0 Å². The molecule has 0 spiro atoms. The second-order valence-electron chi connectivity index (χ2n) is 6.67. The van der Waals surface area contributed by atoms with E-state index in [0.29, 0.717) is 31.3 Å². The van der Waals surface area contributed by atoms with E-state index in [1.807, 2.05) is 56.3 Å². The van der Waals surface area contributed by atoms with Crippen molar-refractivity contribution in [2.45, 2.75) is 20.3 Å². The molecule has 0 aliphatic carbocycles. The third-order valence-electron chi connectivity index (χ3n) is 4.57. The molecule has 158 valence electrons. The lowest BCUT2D eigenvalue weighted by Crippen LogP contribution is -2.30. The summed E-state index contributed by atoms with van der Waals surface area (Å²) in [6.45, 7) is 5.23. The number of nitrogens with one attached hydrogen (secondary N) is 1. The molecule has 1 saturated heterocycles. The first kappa shape index (κ1) is 22.1. The van der Waals surface area contributed by atoms with Gasteiger partial charge < -0.3 is 14.4 Å². The van der Waals surface area contributed by atoms with Gasteiger partial charge >= 0.3 is 0 Å². The fourth-order valence-electron chi connectivity index (χ4n) is 3.21. The number of anilines is 1. The molecule has 0 aromatic heterocycles. The Kier molecular flexibility index (Phi) is 7.67. The van der Waals surface area contributed by atoms with E-state index in [1.165, 1.54) is 0 Å². The van der Waals surface area contributed by atoms with Crippen LogP contribution in [0.25, 0.3) is 0 Å². The summed E-state index contributed by atoms with van der Waals surface area (Å²) >= 11 is 2.18. The van der Waals surface area contributed by atoms with E-state index < -0.39 is 5.92 Å². The van der Waals surface area contributed by atoms with Gasteiger partial charge in [0.1, 0.15) is 0 Å². The molecule has 8 heteroatoms. The van der Waals surface area contributed by atoms with Gasteiger partial charge in [-0.15, -0.1) is 0 Å². The molecule has 0 saturated carbocycles. The van der Waals surface area contributed by atoms with Gasteiger partial charge in [-0.1, -0.05) is 18.2 Å². The van der Waals surface area contributed by atoms with Gasteiger partial charge in [-0.25, -0.2) is 5.43 Å². The molecule has 1 aliphatic heterocycles. The Morgan fingerprint density at radius 1 is 1.23 bits per heavy atom. The average molecular weight is 521 g/mol. The summed E-state index contributed by atoms with van der Waals surface area (Å²) in [6.07, 6.45) is 1.73. The van der Waals surface area contributed by atoms with Gasteiger partial charge in [0.05, 0.1) is 28.9 Å². The van der Waals surface area contributed by atoms with Gasteiger partial charge in [-0.05, 0) is 66.3 Å². The minimum absolute atomic E-state index is 0.0623. The predicted molar refractivity (Wildman–Crippen MR) is 124 cm³/mol. The lowest BCUT2D eigenvalue weighted by atomic mass is 10.1. The molecule has 1 N–H and O–H groups in total. The third kappa shape index (κ3) is 5.29. The average Bonchev–Trinajstić information content (AvgIpc) is 3.13. The van der Waals surface area contributed by atoms with Gasteiger partial charge in [0, 0.05) is 18.7 Å². The highest BCUT2D eigenvalue weighted by molar-refractivity contribution is 14.1. The van der Waals surface area contributed by atoms with E-state index in [0.717, 1.165) is 14.8 Å². The maximum Gasteiger partial charge on any atom is 0.245 e. The Balaban J connectivity index is 1.64. The number of carbonyl (C=O) groups excluding carboxylic acids is 2. The quantitative estimate of drug-likeness (QED) is 0.327. The van der Waals surface area contributed by atoms with Crippen molar-refractivity contribution in [3.63, 3.8) is 0 Å². The van der Waals surface area contributed by atoms with Crippen LogP contribution >= 0.6 is 22.6 Å². The van der Waals surface area contributed by atoms with E-state index in [4.69, 9.17) is 9.47 Å². The number of hydrogen-bond donors (Lipinski definition) is 1. The van der Waals surface area contributed by atoms with Crippen LogP contribution in [0.3, 0.4) is 0 Å².